The number of ether oxygens (including phenoxy) is 2. The summed E-state index contributed by atoms with van der Waals surface area (Å²) in [5.74, 6) is -2.79. The molecule has 1 aliphatic heterocycles. The zero-order chi connectivity index (χ0) is 29.7. The number of benzene rings is 3. The van der Waals surface area contributed by atoms with Gasteiger partial charge in [-0.1, -0.05) is 31.2 Å². The largest absolute Gasteiger partial charge is 0.491 e. The van der Waals surface area contributed by atoms with Crippen molar-refractivity contribution in [2.75, 3.05) is 39.2 Å². The highest BCUT2D eigenvalue weighted by molar-refractivity contribution is 6.05. The number of fused-ring (bicyclic) bond motifs is 1. The Balaban J connectivity index is 1.67. The highest BCUT2D eigenvalue weighted by Gasteiger charge is 2.31. The molecule has 10 heteroatoms. The molecule has 1 N–H and O–H groups in total. The predicted octanol–water partition coefficient (Wildman–Crippen LogP) is 4.86. The van der Waals surface area contributed by atoms with Gasteiger partial charge in [0, 0.05) is 38.9 Å². The van der Waals surface area contributed by atoms with Crippen LogP contribution in [-0.2, 0) is 4.74 Å². The summed E-state index contributed by atoms with van der Waals surface area (Å²) in [5, 5.41) is 2.63. The fourth-order valence-electron chi connectivity index (χ4n) is 4.77. The zero-order valence-electron chi connectivity index (χ0n) is 23.4. The predicted molar refractivity (Wildman–Crippen MR) is 150 cm³/mol. The van der Waals surface area contributed by atoms with Gasteiger partial charge in [-0.05, 0) is 49.4 Å². The molecule has 0 saturated heterocycles. The third kappa shape index (κ3) is 6.71. The van der Waals surface area contributed by atoms with Gasteiger partial charge in [0.1, 0.15) is 24.0 Å². The fraction of sp³-hybridized carbons (Fsp3) is 0.323. The van der Waals surface area contributed by atoms with Gasteiger partial charge in [-0.25, -0.2) is 8.78 Å². The van der Waals surface area contributed by atoms with E-state index < -0.39 is 35.6 Å². The van der Waals surface area contributed by atoms with E-state index in [9.17, 15) is 23.2 Å². The van der Waals surface area contributed by atoms with Gasteiger partial charge in [0.2, 0.25) is 0 Å². The van der Waals surface area contributed by atoms with Crippen molar-refractivity contribution in [2.45, 2.75) is 26.0 Å². The molecule has 4 rings (SSSR count). The van der Waals surface area contributed by atoms with Crippen LogP contribution in [0.4, 0.5) is 14.5 Å². The van der Waals surface area contributed by atoms with E-state index in [0.29, 0.717) is 0 Å². The molecule has 0 saturated carbocycles. The van der Waals surface area contributed by atoms with Gasteiger partial charge in [0.05, 0.1) is 28.8 Å². The SMILES string of the molecule is CO[C@H]1CN(C)C(=O)c2cc(NC(=O)c3ccccc3F)ccc2OC[C@H](C)N(C(=O)c2ccccc2F)C[C@@H]1C. The molecule has 41 heavy (non-hydrogen) atoms. The van der Waals surface area contributed by atoms with Gasteiger partial charge in [-0.2, -0.15) is 0 Å². The molecule has 216 valence electrons. The summed E-state index contributed by atoms with van der Waals surface area (Å²) in [4.78, 5) is 42.8. The number of likely N-dealkylation sites (N-methyl/N-ethyl adjacent to an activating group) is 1. The first-order valence-electron chi connectivity index (χ1n) is 13.3. The molecule has 0 radical (unpaired) electrons. The van der Waals surface area contributed by atoms with Crippen LogP contribution in [0.25, 0.3) is 0 Å². The van der Waals surface area contributed by atoms with Crippen molar-refractivity contribution in [1.29, 1.82) is 0 Å². The number of anilines is 1. The van der Waals surface area contributed by atoms with Crippen LogP contribution in [0.5, 0.6) is 5.75 Å². The van der Waals surface area contributed by atoms with Crippen LogP contribution in [0.1, 0.15) is 44.9 Å². The van der Waals surface area contributed by atoms with Crippen molar-refractivity contribution in [3.8, 4) is 5.75 Å². The van der Waals surface area contributed by atoms with Crippen LogP contribution in [0.15, 0.2) is 66.7 Å². The molecule has 8 nitrogen and oxygen atoms in total. The maximum absolute atomic E-state index is 14.6. The standard InChI is InChI=1S/C31H33F2N3O5/c1-19-16-36(31(39)23-10-6-8-12-26(23)33)20(2)18-41-27-14-13-21(34-29(37)22-9-5-7-11-25(22)32)15-24(27)30(38)35(3)17-28(19)40-4/h5-15,19-20,28H,16-18H2,1-4H3,(H,34,37)/t19-,20-,28-/m0/s1. The molecule has 0 aromatic heterocycles. The molecule has 0 spiro atoms. The highest BCUT2D eigenvalue weighted by atomic mass is 19.1. The number of halogens is 2. The van der Waals surface area contributed by atoms with E-state index in [1.807, 2.05) is 6.92 Å². The van der Waals surface area contributed by atoms with Gasteiger partial charge >= 0.3 is 0 Å². The molecular weight excluding hydrogens is 532 g/mol. The van der Waals surface area contributed by atoms with E-state index in [2.05, 4.69) is 5.32 Å². The second-order valence-corrected chi connectivity index (χ2v) is 10.2. The molecule has 1 aliphatic rings. The van der Waals surface area contributed by atoms with Crippen LogP contribution >= 0.6 is 0 Å². The smallest absolute Gasteiger partial charge is 0.258 e. The Labute approximate surface area is 237 Å². The number of amides is 3. The Morgan fingerprint density at radius 3 is 2.22 bits per heavy atom. The normalized spacial score (nSPS) is 19.9. The van der Waals surface area contributed by atoms with E-state index in [0.717, 1.165) is 0 Å². The third-order valence-electron chi connectivity index (χ3n) is 7.19. The zero-order valence-corrected chi connectivity index (χ0v) is 23.4. The van der Waals surface area contributed by atoms with E-state index in [1.165, 1.54) is 60.5 Å². The van der Waals surface area contributed by atoms with Crippen LogP contribution in [0, 0.1) is 17.6 Å². The van der Waals surface area contributed by atoms with Crippen molar-refractivity contribution in [3.63, 3.8) is 0 Å². The van der Waals surface area contributed by atoms with Crippen molar-refractivity contribution < 1.29 is 32.6 Å². The average Bonchev–Trinajstić information content (AvgIpc) is 2.96. The van der Waals surface area contributed by atoms with Crippen molar-refractivity contribution in [3.05, 3.63) is 95.1 Å². The summed E-state index contributed by atoms with van der Waals surface area (Å²) in [6.45, 7) is 4.13. The molecule has 0 fully saturated rings. The molecule has 3 aromatic carbocycles. The summed E-state index contributed by atoms with van der Waals surface area (Å²) in [7, 11) is 3.15. The molecule has 3 amide bonds. The number of rotatable bonds is 4. The maximum atomic E-state index is 14.6. The average molecular weight is 566 g/mol. The molecule has 0 unspecified atom stereocenters. The Morgan fingerprint density at radius 2 is 1.59 bits per heavy atom. The monoisotopic (exact) mass is 565 g/mol. The number of hydrogen-bond acceptors (Lipinski definition) is 5. The highest BCUT2D eigenvalue weighted by Crippen LogP contribution is 2.27. The lowest BCUT2D eigenvalue weighted by Crippen LogP contribution is -2.48. The first kappa shape index (κ1) is 29.7. The van der Waals surface area contributed by atoms with Crippen molar-refractivity contribution in [1.82, 2.24) is 9.80 Å². The molecule has 3 atom stereocenters. The van der Waals surface area contributed by atoms with Crippen molar-refractivity contribution >= 4 is 23.4 Å². The number of methoxy groups -OCH3 is 1. The molecule has 0 bridgehead atoms. The topological polar surface area (TPSA) is 88.2 Å². The number of nitrogens with one attached hydrogen (secondary N) is 1. The minimum atomic E-state index is -0.668. The van der Waals surface area contributed by atoms with Crippen LogP contribution < -0.4 is 10.1 Å². The Kier molecular flexibility index (Phi) is 9.34. The van der Waals surface area contributed by atoms with E-state index in [1.54, 1.807) is 37.1 Å². The lowest BCUT2D eigenvalue weighted by atomic mass is 10.0. The molecular formula is C31H33F2N3O5. The summed E-state index contributed by atoms with van der Waals surface area (Å²) in [5.41, 5.74) is 0.262. The minimum absolute atomic E-state index is 0.00941. The summed E-state index contributed by atoms with van der Waals surface area (Å²) in [6, 6.07) is 15.5. The number of carbonyl (C=O) groups is 3. The Bertz CT molecular complexity index is 1430. The van der Waals surface area contributed by atoms with Crippen LogP contribution in [-0.4, -0.2) is 73.5 Å². The first-order valence-corrected chi connectivity index (χ1v) is 13.3. The van der Waals surface area contributed by atoms with E-state index in [-0.39, 0.29) is 59.6 Å². The third-order valence-corrected chi connectivity index (χ3v) is 7.19. The van der Waals surface area contributed by atoms with Gasteiger partial charge in [0.15, 0.2) is 0 Å². The van der Waals surface area contributed by atoms with Crippen LogP contribution in [0.3, 0.4) is 0 Å². The Morgan fingerprint density at radius 1 is 0.951 bits per heavy atom. The minimum Gasteiger partial charge on any atom is -0.491 e. The quantitative estimate of drug-likeness (QED) is 0.488. The molecule has 1 heterocycles. The maximum Gasteiger partial charge on any atom is 0.258 e. The van der Waals surface area contributed by atoms with Crippen LogP contribution in [0.2, 0.25) is 0 Å². The summed E-state index contributed by atoms with van der Waals surface area (Å²) < 4.78 is 40.5. The molecule has 0 aliphatic carbocycles. The van der Waals surface area contributed by atoms with Gasteiger partial charge in [0.25, 0.3) is 17.7 Å². The molecule has 3 aromatic rings. The summed E-state index contributed by atoms with van der Waals surface area (Å²) in [6.07, 6.45) is -0.445. The first-order chi connectivity index (χ1) is 19.6. The fourth-order valence-corrected chi connectivity index (χ4v) is 4.77. The Hall–Kier alpha value is -4.31. The number of nitrogens with zero attached hydrogens (tertiary/aromatic N) is 2. The van der Waals surface area contributed by atoms with Crippen molar-refractivity contribution in [2.24, 2.45) is 5.92 Å². The van der Waals surface area contributed by atoms with Gasteiger partial charge in [-0.3, -0.25) is 14.4 Å². The number of hydrogen-bond donors (Lipinski definition) is 1. The van der Waals surface area contributed by atoms with E-state index in [4.69, 9.17) is 9.47 Å². The lowest BCUT2D eigenvalue weighted by molar-refractivity contribution is 0.0110. The van der Waals surface area contributed by atoms with Gasteiger partial charge in [-0.15, -0.1) is 0 Å². The van der Waals surface area contributed by atoms with E-state index >= 15 is 0 Å². The number of carbonyl (C=O) groups excluding carboxylic acids is 3. The second kappa shape index (κ2) is 12.9. The second-order valence-electron chi connectivity index (χ2n) is 10.2. The lowest BCUT2D eigenvalue weighted by Gasteiger charge is -2.36. The van der Waals surface area contributed by atoms with Gasteiger partial charge < -0.3 is 24.6 Å². The summed E-state index contributed by atoms with van der Waals surface area (Å²) >= 11 is 0.